The number of nitrogens with zero attached hydrogens (tertiary/aromatic N) is 6. The molecule has 1 saturated heterocycles. The zero-order chi connectivity index (χ0) is 19.9. The Kier molecular flexibility index (Phi) is 4.76. The van der Waals surface area contributed by atoms with Crippen LogP contribution in [-0.4, -0.2) is 62.0 Å². The summed E-state index contributed by atoms with van der Waals surface area (Å²) in [5, 5.41) is 0. The van der Waals surface area contributed by atoms with Crippen molar-refractivity contribution in [2.24, 2.45) is 4.36 Å². The Hall–Kier alpha value is -2.59. The Morgan fingerprint density at radius 2 is 2.11 bits per heavy atom. The van der Waals surface area contributed by atoms with Crippen molar-refractivity contribution in [3.05, 3.63) is 36.4 Å². The Morgan fingerprint density at radius 1 is 1.29 bits per heavy atom. The first-order chi connectivity index (χ1) is 13.3. The summed E-state index contributed by atoms with van der Waals surface area (Å²) in [7, 11) is -2.42. The summed E-state index contributed by atoms with van der Waals surface area (Å²) in [6.07, 6.45) is 4.65. The van der Waals surface area contributed by atoms with Gasteiger partial charge in [-0.05, 0) is 19.1 Å². The second kappa shape index (κ2) is 7.10. The van der Waals surface area contributed by atoms with E-state index in [1.54, 1.807) is 35.5 Å². The summed E-state index contributed by atoms with van der Waals surface area (Å²) in [6.45, 7) is 3.89. The van der Waals surface area contributed by atoms with Gasteiger partial charge in [0.15, 0.2) is 5.82 Å². The molecule has 1 fully saturated rings. The van der Waals surface area contributed by atoms with Gasteiger partial charge in [0.1, 0.15) is 18.0 Å². The van der Waals surface area contributed by atoms with Crippen molar-refractivity contribution >= 4 is 32.4 Å². The number of morpholine rings is 1. The average molecular weight is 404 g/mol. The van der Waals surface area contributed by atoms with Crippen molar-refractivity contribution in [3.63, 3.8) is 0 Å². The van der Waals surface area contributed by atoms with Crippen molar-refractivity contribution in [2.45, 2.75) is 13.0 Å². The lowest BCUT2D eigenvalue weighted by Crippen LogP contribution is -2.44. The lowest BCUT2D eigenvalue weighted by molar-refractivity contribution is 0.0985. The van der Waals surface area contributed by atoms with Crippen LogP contribution in [0.25, 0.3) is 17.0 Å². The molecule has 0 bridgehead atoms. The third-order valence-corrected chi connectivity index (χ3v) is 5.01. The van der Waals surface area contributed by atoms with E-state index in [9.17, 15) is 8.60 Å². The van der Waals surface area contributed by atoms with Crippen molar-refractivity contribution in [2.75, 3.05) is 37.2 Å². The van der Waals surface area contributed by atoms with Gasteiger partial charge in [0.2, 0.25) is 5.95 Å². The van der Waals surface area contributed by atoms with E-state index < -0.39 is 9.73 Å². The number of halogens is 1. The Morgan fingerprint density at radius 3 is 2.86 bits per heavy atom. The maximum atomic E-state index is 13.8. The fourth-order valence-corrected chi connectivity index (χ4v) is 3.69. The first kappa shape index (κ1) is 18.8. The number of rotatable bonds is 3. The molecule has 4 rings (SSSR count). The van der Waals surface area contributed by atoms with E-state index >= 15 is 0 Å². The molecule has 1 atom stereocenters. The minimum Gasteiger partial charge on any atom is -0.377 e. The fraction of sp³-hybridized carbons (Fsp3) is 0.389. The quantitative estimate of drug-likeness (QED) is 0.667. The number of anilines is 1. The zero-order valence-electron chi connectivity index (χ0n) is 15.9. The molecule has 148 valence electrons. The predicted molar refractivity (Wildman–Crippen MR) is 106 cm³/mol. The van der Waals surface area contributed by atoms with Crippen LogP contribution in [0.15, 0.2) is 35.0 Å². The Labute approximate surface area is 162 Å². The van der Waals surface area contributed by atoms with Crippen LogP contribution in [0.4, 0.5) is 16.0 Å². The van der Waals surface area contributed by atoms with Crippen LogP contribution in [0, 0.1) is 5.82 Å². The summed E-state index contributed by atoms with van der Waals surface area (Å²) in [5.74, 6) is 0.891. The summed E-state index contributed by atoms with van der Waals surface area (Å²) in [4.78, 5) is 15.5. The highest BCUT2D eigenvalue weighted by atomic mass is 32.2. The molecule has 0 amide bonds. The highest BCUT2D eigenvalue weighted by molar-refractivity contribution is 7.92. The van der Waals surface area contributed by atoms with Crippen LogP contribution in [0.3, 0.4) is 0 Å². The molecule has 0 saturated carbocycles. The predicted octanol–water partition coefficient (Wildman–Crippen LogP) is 2.54. The molecule has 0 N–H and O–H groups in total. The van der Waals surface area contributed by atoms with E-state index in [4.69, 9.17) is 4.74 Å². The van der Waals surface area contributed by atoms with E-state index in [-0.39, 0.29) is 11.9 Å². The number of imidazole rings is 1. The lowest BCUT2D eigenvalue weighted by atomic mass is 10.2. The van der Waals surface area contributed by atoms with Crippen molar-refractivity contribution in [1.29, 1.82) is 0 Å². The minimum atomic E-state index is -2.42. The van der Waals surface area contributed by atoms with Gasteiger partial charge in [0.25, 0.3) is 0 Å². The molecule has 10 heteroatoms. The summed E-state index contributed by atoms with van der Waals surface area (Å²) < 4.78 is 37.4. The Balaban J connectivity index is 1.90. The normalized spacial score (nSPS) is 17.9. The SMILES string of the molecule is C[C@@H]1COCCN1c1cc(N=S(C)(C)=O)nc(-n2cnc3ccc(F)cc32)n1. The molecule has 3 aromatic rings. The number of hydrogen-bond donors (Lipinski definition) is 0. The van der Waals surface area contributed by atoms with Gasteiger partial charge < -0.3 is 9.64 Å². The number of benzene rings is 1. The summed E-state index contributed by atoms with van der Waals surface area (Å²) in [5.41, 5.74) is 1.18. The maximum absolute atomic E-state index is 13.8. The molecular weight excluding hydrogens is 383 g/mol. The Bertz CT molecular complexity index is 1150. The van der Waals surface area contributed by atoms with Gasteiger partial charge in [-0.1, -0.05) is 0 Å². The second-order valence-corrected chi connectivity index (χ2v) is 9.57. The highest BCUT2D eigenvalue weighted by Crippen LogP contribution is 2.25. The number of aromatic nitrogens is 4. The van der Waals surface area contributed by atoms with Crippen LogP contribution < -0.4 is 4.90 Å². The molecule has 0 aliphatic carbocycles. The molecule has 8 nitrogen and oxygen atoms in total. The van der Waals surface area contributed by atoms with Gasteiger partial charge in [-0.15, -0.1) is 0 Å². The van der Waals surface area contributed by atoms with Crippen molar-refractivity contribution in [1.82, 2.24) is 19.5 Å². The molecule has 1 aliphatic rings. The zero-order valence-corrected chi connectivity index (χ0v) is 16.7. The third kappa shape index (κ3) is 3.83. The van der Waals surface area contributed by atoms with Crippen molar-refractivity contribution in [3.8, 4) is 5.95 Å². The van der Waals surface area contributed by atoms with E-state index in [0.717, 1.165) is 0 Å². The average Bonchev–Trinajstić information content (AvgIpc) is 3.03. The van der Waals surface area contributed by atoms with Gasteiger partial charge in [-0.3, -0.25) is 4.57 Å². The fourth-order valence-electron chi connectivity index (χ4n) is 3.14. The van der Waals surface area contributed by atoms with E-state index in [0.29, 0.717) is 48.4 Å². The first-order valence-electron chi connectivity index (χ1n) is 8.84. The molecule has 2 aromatic heterocycles. The second-order valence-electron chi connectivity index (χ2n) is 7.02. The number of hydrogen-bond acceptors (Lipinski definition) is 7. The van der Waals surface area contributed by atoms with Gasteiger partial charge in [0, 0.05) is 40.9 Å². The summed E-state index contributed by atoms with van der Waals surface area (Å²) >= 11 is 0. The standard InChI is InChI=1S/C18H21FN6O2S/c1-12-10-27-7-6-24(12)17-9-16(23-28(2,3)26)21-18(22-17)25-11-20-14-5-4-13(19)8-15(14)25/h4-5,8-9,11-12H,6-7,10H2,1-3H3/t12-/m1/s1. The molecule has 0 unspecified atom stereocenters. The topological polar surface area (TPSA) is 85.5 Å². The van der Waals surface area contributed by atoms with Gasteiger partial charge >= 0.3 is 0 Å². The van der Waals surface area contributed by atoms with Crippen molar-refractivity contribution < 1.29 is 13.3 Å². The highest BCUT2D eigenvalue weighted by Gasteiger charge is 2.22. The molecule has 1 aromatic carbocycles. The van der Waals surface area contributed by atoms with Crippen LogP contribution in [0.1, 0.15) is 6.92 Å². The molecule has 3 heterocycles. The van der Waals surface area contributed by atoms with E-state index in [1.165, 1.54) is 12.1 Å². The largest absolute Gasteiger partial charge is 0.377 e. The molecule has 1 aliphatic heterocycles. The number of fused-ring (bicyclic) bond motifs is 1. The van der Waals surface area contributed by atoms with E-state index in [2.05, 4.69) is 24.2 Å². The smallest absolute Gasteiger partial charge is 0.239 e. The molecule has 0 spiro atoms. The van der Waals surface area contributed by atoms with Crippen LogP contribution in [0.5, 0.6) is 0 Å². The van der Waals surface area contributed by atoms with E-state index in [1.807, 2.05) is 6.92 Å². The molecule has 0 radical (unpaired) electrons. The van der Waals surface area contributed by atoms with Crippen LogP contribution in [-0.2, 0) is 14.5 Å². The lowest BCUT2D eigenvalue weighted by Gasteiger charge is -2.34. The molecule has 28 heavy (non-hydrogen) atoms. The monoisotopic (exact) mass is 404 g/mol. The summed E-state index contributed by atoms with van der Waals surface area (Å²) in [6, 6.07) is 6.18. The van der Waals surface area contributed by atoms with Crippen LogP contribution >= 0.6 is 0 Å². The first-order valence-corrected chi connectivity index (χ1v) is 11.2. The van der Waals surface area contributed by atoms with Crippen LogP contribution in [0.2, 0.25) is 0 Å². The number of ether oxygens (including phenoxy) is 1. The minimum absolute atomic E-state index is 0.119. The van der Waals surface area contributed by atoms with Gasteiger partial charge in [-0.25, -0.2) is 13.6 Å². The van der Waals surface area contributed by atoms with Gasteiger partial charge in [0.05, 0.1) is 30.3 Å². The van der Waals surface area contributed by atoms with Gasteiger partial charge in [-0.2, -0.15) is 14.3 Å². The maximum Gasteiger partial charge on any atom is 0.239 e. The third-order valence-electron chi connectivity index (χ3n) is 4.39. The molecular formula is C18H21FN6O2S.